The van der Waals surface area contributed by atoms with E-state index in [0.717, 1.165) is 17.1 Å². The highest BCUT2D eigenvalue weighted by Gasteiger charge is 2.14. The van der Waals surface area contributed by atoms with Crippen LogP contribution in [0.5, 0.6) is 11.5 Å². The summed E-state index contributed by atoms with van der Waals surface area (Å²) in [6.07, 6.45) is 1.75. The Hall–Kier alpha value is -3.32. The third-order valence-corrected chi connectivity index (χ3v) is 5.42. The number of hydrogen-bond acceptors (Lipinski definition) is 6. The number of pyridine rings is 1. The molecule has 6 nitrogen and oxygen atoms in total. The zero-order chi connectivity index (χ0) is 20.9. The smallest absolute Gasteiger partial charge is 0.267 e. The number of para-hydroxylation sites is 1. The Kier molecular flexibility index (Phi) is 5.99. The van der Waals surface area contributed by atoms with Crippen molar-refractivity contribution in [1.82, 2.24) is 14.5 Å². The second kappa shape index (κ2) is 9.00. The molecule has 0 bridgehead atoms. The van der Waals surface area contributed by atoms with Gasteiger partial charge >= 0.3 is 0 Å². The van der Waals surface area contributed by atoms with Crippen LogP contribution in [0.15, 0.2) is 76.8 Å². The molecule has 0 fully saturated rings. The zero-order valence-electron chi connectivity index (χ0n) is 16.7. The molecule has 4 aromatic rings. The first kappa shape index (κ1) is 20.0. The molecule has 2 aromatic heterocycles. The molecular formula is C23H21N3O3S. The number of aryl methyl sites for hydroxylation is 1. The molecule has 0 saturated carbocycles. The van der Waals surface area contributed by atoms with Crippen LogP contribution in [0.3, 0.4) is 0 Å². The molecule has 2 heterocycles. The average Bonchev–Trinajstić information content (AvgIpc) is 2.78. The van der Waals surface area contributed by atoms with Crippen LogP contribution in [0.4, 0.5) is 0 Å². The highest BCUT2D eigenvalue weighted by molar-refractivity contribution is 7.99. The quantitative estimate of drug-likeness (QED) is 0.253. The Morgan fingerprint density at radius 3 is 2.50 bits per heavy atom. The Labute approximate surface area is 178 Å². The Balaban J connectivity index is 1.58. The number of benzene rings is 2. The fourth-order valence-corrected chi connectivity index (χ4v) is 3.79. The van der Waals surface area contributed by atoms with Crippen LogP contribution in [-0.4, -0.2) is 34.0 Å². The molecule has 0 N–H and O–H groups in total. The van der Waals surface area contributed by atoms with Crippen molar-refractivity contribution in [3.63, 3.8) is 0 Å². The lowest BCUT2D eigenvalue weighted by atomic mass is 10.2. The summed E-state index contributed by atoms with van der Waals surface area (Å²) in [5.74, 6) is 2.73. The topological polar surface area (TPSA) is 66.2 Å². The first-order valence-corrected chi connectivity index (χ1v) is 10.5. The van der Waals surface area contributed by atoms with Crippen LogP contribution >= 0.6 is 11.8 Å². The standard InChI is InChI=1S/C23H21N3O3S/c1-16-7-12-21(24-15-16)26-22(27)19-5-3-4-6-20(19)25-23(26)30-14-13-29-18-10-8-17(28-2)9-11-18/h3-12,15H,13-14H2,1-2H3. The van der Waals surface area contributed by atoms with Crippen LogP contribution in [0.25, 0.3) is 16.7 Å². The van der Waals surface area contributed by atoms with Crippen molar-refractivity contribution < 1.29 is 9.47 Å². The van der Waals surface area contributed by atoms with Gasteiger partial charge in [-0.25, -0.2) is 14.5 Å². The molecule has 0 aliphatic carbocycles. The number of fused-ring (bicyclic) bond motifs is 1. The highest BCUT2D eigenvalue weighted by Crippen LogP contribution is 2.22. The summed E-state index contributed by atoms with van der Waals surface area (Å²) in [5, 5.41) is 1.16. The highest BCUT2D eigenvalue weighted by atomic mass is 32.2. The zero-order valence-corrected chi connectivity index (χ0v) is 17.6. The summed E-state index contributed by atoms with van der Waals surface area (Å²) in [4.78, 5) is 22.3. The third kappa shape index (κ3) is 4.31. The van der Waals surface area contributed by atoms with Crippen LogP contribution in [0.2, 0.25) is 0 Å². The van der Waals surface area contributed by atoms with Crippen molar-refractivity contribution in [1.29, 1.82) is 0 Å². The minimum absolute atomic E-state index is 0.129. The van der Waals surface area contributed by atoms with Gasteiger partial charge in [0.1, 0.15) is 17.3 Å². The molecule has 0 saturated heterocycles. The lowest BCUT2D eigenvalue weighted by Crippen LogP contribution is -2.23. The van der Waals surface area contributed by atoms with E-state index in [1.807, 2.05) is 61.5 Å². The minimum Gasteiger partial charge on any atom is -0.497 e. The number of thioether (sulfide) groups is 1. The predicted molar refractivity (Wildman–Crippen MR) is 119 cm³/mol. The van der Waals surface area contributed by atoms with Crippen LogP contribution in [-0.2, 0) is 0 Å². The molecule has 30 heavy (non-hydrogen) atoms. The molecule has 4 rings (SSSR count). The lowest BCUT2D eigenvalue weighted by molar-refractivity contribution is 0.342. The van der Waals surface area contributed by atoms with E-state index in [0.29, 0.717) is 34.2 Å². The van der Waals surface area contributed by atoms with E-state index < -0.39 is 0 Å². The van der Waals surface area contributed by atoms with Gasteiger partial charge in [0.2, 0.25) is 0 Å². The number of rotatable bonds is 7. The summed E-state index contributed by atoms with van der Waals surface area (Å²) in [7, 11) is 1.63. The van der Waals surface area contributed by atoms with Gasteiger partial charge in [0.15, 0.2) is 5.16 Å². The number of aromatic nitrogens is 3. The maximum atomic E-state index is 13.2. The molecule has 7 heteroatoms. The summed E-state index contributed by atoms with van der Waals surface area (Å²) in [6.45, 7) is 2.44. The van der Waals surface area contributed by atoms with E-state index in [2.05, 4.69) is 4.98 Å². The summed E-state index contributed by atoms with van der Waals surface area (Å²) in [5.41, 5.74) is 1.57. The van der Waals surface area contributed by atoms with Crippen molar-refractivity contribution >= 4 is 22.7 Å². The van der Waals surface area contributed by atoms with Crippen molar-refractivity contribution in [3.05, 3.63) is 82.8 Å². The third-order valence-electron chi connectivity index (χ3n) is 4.51. The van der Waals surface area contributed by atoms with Gasteiger partial charge < -0.3 is 9.47 Å². The summed E-state index contributed by atoms with van der Waals surface area (Å²) < 4.78 is 12.5. The Morgan fingerprint density at radius 2 is 1.77 bits per heavy atom. The molecule has 0 unspecified atom stereocenters. The maximum Gasteiger partial charge on any atom is 0.267 e. The van der Waals surface area contributed by atoms with Crippen LogP contribution in [0, 0.1) is 6.92 Å². The van der Waals surface area contributed by atoms with E-state index in [4.69, 9.17) is 14.5 Å². The number of ether oxygens (including phenoxy) is 2. The largest absolute Gasteiger partial charge is 0.497 e. The lowest BCUT2D eigenvalue weighted by Gasteiger charge is -2.13. The van der Waals surface area contributed by atoms with Gasteiger partial charge in [0, 0.05) is 11.9 Å². The van der Waals surface area contributed by atoms with Gasteiger partial charge in [-0.1, -0.05) is 30.0 Å². The predicted octanol–water partition coefficient (Wildman–Crippen LogP) is 4.27. The minimum atomic E-state index is -0.129. The summed E-state index contributed by atoms with van der Waals surface area (Å²) in [6, 6.07) is 18.6. The molecule has 0 aliphatic rings. The Morgan fingerprint density at radius 1 is 1.00 bits per heavy atom. The van der Waals surface area contributed by atoms with Crippen LogP contribution < -0.4 is 15.0 Å². The summed E-state index contributed by atoms with van der Waals surface area (Å²) >= 11 is 1.46. The number of methoxy groups -OCH3 is 1. The van der Waals surface area contributed by atoms with E-state index in [1.54, 1.807) is 23.9 Å². The average molecular weight is 420 g/mol. The molecule has 0 atom stereocenters. The van der Waals surface area contributed by atoms with E-state index in [9.17, 15) is 4.79 Å². The molecule has 0 radical (unpaired) electrons. The molecule has 152 valence electrons. The van der Waals surface area contributed by atoms with Gasteiger partial charge in [-0.3, -0.25) is 4.79 Å². The monoisotopic (exact) mass is 419 g/mol. The van der Waals surface area contributed by atoms with Gasteiger partial charge in [-0.2, -0.15) is 0 Å². The van der Waals surface area contributed by atoms with Gasteiger partial charge in [0.25, 0.3) is 5.56 Å². The van der Waals surface area contributed by atoms with Crippen molar-refractivity contribution in [3.8, 4) is 17.3 Å². The molecule has 0 aliphatic heterocycles. The first-order valence-electron chi connectivity index (χ1n) is 9.50. The normalized spacial score (nSPS) is 10.9. The fourth-order valence-electron chi connectivity index (χ4n) is 2.97. The molecule has 0 amide bonds. The number of hydrogen-bond donors (Lipinski definition) is 0. The Bertz CT molecular complexity index is 1210. The van der Waals surface area contributed by atoms with Gasteiger partial charge in [0.05, 0.1) is 24.6 Å². The van der Waals surface area contributed by atoms with Crippen molar-refractivity contribution in [2.45, 2.75) is 12.1 Å². The second-order valence-corrected chi connectivity index (χ2v) is 7.68. The SMILES string of the molecule is COc1ccc(OCCSc2nc3ccccc3c(=O)n2-c2ccc(C)cn2)cc1. The number of nitrogens with zero attached hydrogens (tertiary/aromatic N) is 3. The molecule has 2 aromatic carbocycles. The van der Waals surface area contributed by atoms with E-state index >= 15 is 0 Å². The van der Waals surface area contributed by atoms with Crippen molar-refractivity contribution in [2.24, 2.45) is 0 Å². The fraction of sp³-hybridized carbons (Fsp3) is 0.174. The van der Waals surface area contributed by atoms with Crippen molar-refractivity contribution in [2.75, 3.05) is 19.5 Å². The van der Waals surface area contributed by atoms with E-state index in [-0.39, 0.29) is 5.56 Å². The second-order valence-electron chi connectivity index (χ2n) is 6.62. The van der Waals surface area contributed by atoms with Gasteiger partial charge in [-0.05, 0) is 55.0 Å². The maximum absolute atomic E-state index is 13.2. The van der Waals surface area contributed by atoms with E-state index in [1.165, 1.54) is 11.8 Å². The molecule has 0 spiro atoms. The van der Waals surface area contributed by atoms with Crippen LogP contribution in [0.1, 0.15) is 5.56 Å². The molecular weight excluding hydrogens is 398 g/mol. The first-order chi connectivity index (χ1) is 14.7. The van der Waals surface area contributed by atoms with Gasteiger partial charge in [-0.15, -0.1) is 0 Å².